The number of aryl methyl sites for hydroxylation is 1. The largest absolute Gasteiger partial charge is 0.450 e. The SMILES string of the molecule is COC(=O)n1oc(C)cc1=O. The number of rotatable bonds is 0. The summed E-state index contributed by atoms with van der Waals surface area (Å²) in [5.74, 6) is 0.375. The molecule has 0 aromatic carbocycles. The van der Waals surface area contributed by atoms with Crippen molar-refractivity contribution in [3.05, 3.63) is 22.2 Å². The molecule has 11 heavy (non-hydrogen) atoms. The van der Waals surface area contributed by atoms with E-state index in [1.165, 1.54) is 13.2 Å². The zero-order chi connectivity index (χ0) is 8.43. The van der Waals surface area contributed by atoms with Crippen molar-refractivity contribution in [1.82, 2.24) is 4.74 Å². The molecule has 5 nitrogen and oxygen atoms in total. The minimum atomic E-state index is -0.817. The summed E-state index contributed by atoms with van der Waals surface area (Å²) in [4.78, 5) is 21.5. The Labute approximate surface area is 62.1 Å². The third kappa shape index (κ3) is 1.31. The van der Waals surface area contributed by atoms with E-state index >= 15 is 0 Å². The molecule has 1 aromatic rings. The van der Waals surface area contributed by atoms with Gasteiger partial charge in [-0.3, -0.25) is 4.79 Å². The molecule has 1 rings (SSSR count). The van der Waals surface area contributed by atoms with Gasteiger partial charge in [-0.05, 0) is 6.92 Å². The summed E-state index contributed by atoms with van der Waals surface area (Å²) in [7, 11) is 1.17. The Morgan fingerprint density at radius 1 is 1.73 bits per heavy atom. The molecule has 0 spiro atoms. The van der Waals surface area contributed by atoms with E-state index in [0.717, 1.165) is 0 Å². The fraction of sp³-hybridized carbons (Fsp3) is 0.333. The molecule has 0 bridgehead atoms. The first-order valence-electron chi connectivity index (χ1n) is 2.93. The van der Waals surface area contributed by atoms with Crippen LogP contribution in [-0.4, -0.2) is 17.9 Å². The summed E-state index contributed by atoms with van der Waals surface area (Å²) in [5, 5.41) is 0. The Hall–Kier alpha value is -1.52. The molecule has 0 unspecified atom stereocenters. The van der Waals surface area contributed by atoms with E-state index in [-0.39, 0.29) is 0 Å². The van der Waals surface area contributed by atoms with E-state index < -0.39 is 11.7 Å². The zero-order valence-electron chi connectivity index (χ0n) is 6.16. The number of carbonyl (C=O) groups is 1. The molecule has 1 aromatic heterocycles. The molecule has 0 aliphatic rings. The summed E-state index contributed by atoms with van der Waals surface area (Å²) in [6.07, 6.45) is -0.817. The Bertz CT molecular complexity index is 322. The molecule has 0 saturated carbocycles. The lowest BCUT2D eigenvalue weighted by molar-refractivity contribution is 0.138. The van der Waals surface area contributed by atoms with Gasteiger partial charge in [-0.1, -0.05) is 4.74 Å². The summed E-state index contributed by atoms with van der Waals surface area (Å²) in [6.45, 7) is 1.57. The van der Waals surface area contributed by atoms with E-state index in [1.54, 1.807) is 6.92 Å². The van der Waals surface area contributed by atoms with Crippen LogP contribution in [0.15, 0.2) is 15.4 Å². The van der Waals surface area contributed by atoms with Gasteiger partial charge < -0.3 is 9.26 Å². The van der Waals surface area contributed by atoms with Crippen LogP contribution in [0.4, 0.5) is 4.79 Å². The van der Waals surface area contributed by atoms with Crippen molar-refractivity contribution in [3.8, 4) is 0 Å². The van der Waals surface area contributed by atoms with Gasteiger partial charge in [0.25, 0.3) is 5.56 Å². The van der Waals surface area contributed by atoms with Crippen LogP contribution in [0.5, 0.6) is 0 Å². The van der Waals surface area contributed by atoms with Gasteiger partial charge in [-0.25, -0.2) is 4.79 Å². The maximum atomic E-state index is 10.8. The standard InChI is InChI=1S/C6H7NO4/c1-4-3-5(8)7(11-4)6(9)10-2/h3H,1-2H3. The summed E-state index contributed by atoms with van der Waals surface area (Å²) < 4.78 is 9.51. The quantitative estimate of drug-likeness (QED) is 0.545. The molecular weight excluding hydrogens is 150 g/mol. The van der Waals surface area contributed by atoms with E-state index in [9.17, 15) is 9.59 Å². The molecule has 0 saturated heterocycles. The summed E-state index contributed by atoms with van der Waals surface area (Å²) >= 11 is 0. The van der Waals surface area contributed by atoms with Crippen LogP contribution >= 0.6 is 0 Å². The van der Waals surface area contributed by atoms with Gasteiger partial charge in [0.2, 0.25) is 0 Å². The molecule has 0 aliphatic carbocycles. The van der Waals surface area contributed by atoms with Crippen molar-refractivity contribution in [2.24, 2.45) is 0 Å². The lowest BCUT2D eigenvalue weighted by Crippen LogP contribution is -2.21. The topological polar surface area (TPSA) is 61.4 Å². The van der Waals surface area contributed by atoms with Crippen LogP contribution in [0, 0.1) is 6.92 Å². The molecular formula is C6H7NO4. The summed E-state index contributed by atoms with van der Waals surface area (Å²) in [5.41, 5.74) is -0.519. The number of nitrogens with zero attached hydrogens (tertiary/aromatic N) is 1. The predicted octanol–water partition coefficient (Wildman–Crippen LogP) is 0.364. The van der Waals surface area contributed by atoms with Crippen LogP contribution in [-0.2, 0) is 4.74 Å². The average molecular weight is 157 g/mol. The lowest BCUT2D eigenvalue weighted by Gasteiger charge is -1.93. The molecule has 0 radical (unpaired) electrons. The monoisotopic (exact) mass is 157 g/mol. The molecule has 0 fully saturated rings. The smallest absolute Gasteiger partial charge is 0.450 e. The molecule has 0 atom stereocenters. The Balaban J connectivity index is 3.13. The number of ether oxygens (including phenoxy) is 1. The maximum absolute atomic E-state index is 10.8. The third-order valence-corrected chi connectivity index (χ3v) is 1.10. The van der Waals surface area contributed by atoms with Crippen molar-refractivity contribution in [2.45, 2.75) is 6.92 Å². The van der Waals surface area contributed by atoms with Crippen LogP contribution in [0.3, 0.4) is 0 Å². The van der Waals surface area contributed by atoms with Gasteiger partial charge >= 0.3 is 6.09 Å². The highest BCUT2D eigenvalue weighted by Crippen LogP contribution is 1.92. The van der Waals surface area contributed by atoms with Crippen molar-refractivity contribution < 1.29 is 14.1 Å². The molecule has 1 heterocycles. The predicted molar refractivity (Wildman–Crippen MR) is 35.5 cm³/mol. The normalized spacial score (nSPS) is 9.64. The Kier molecular flexibility index (Phi) is 1.80. The second kappa shape index (κ2) is 2.61. The second-order valence-electron chi connectivity index (χ2n) is 1.95. The number of hydrogen-bond acceptors (Lipinski definition) is 4. The fourth-order valence-electron chi connectivity index (χ4n) is 0.658. The van der Waals surface area contributed by atoms with Gasteiger partial charge in [-0.15, -0.1) is 0 Å². The fourth-order valence-corrected chi connectivity index (χ4v) is 0.658. The van der Waals surface area contributed by atoms with Gasteiger partial charge in [0.05, 0.1) is 7.11 Å². The highest BCUT2D eigenvalue weighted by molar-refractivity contribution is 5.68. The van der Waals surface area contributed by atoms with Crippen molar-refractivity contribution in [2.75, 3.05) is 7.11 Å². The minimum absolute atomic E-state index is 0.375. The van der Waals surface area contributed by atoms with E-state index in [4.69, 9.17) is 4.52 Å². The number of methoxy groups -OCH3 is 1. The van der Waals surface area contributed by atoms with Crippen LogP contribution < -0.4 is 5.56 Å². The zero-order valence-corrected chi connectivity index (χ0v) is 6.16. The molecule has 0 N–H and O–H groups in total. The Morgan fingerprint density at radius 2 is 2.36 bits per heavy atom. The van der Waals surface area contributed by atoms with E-state index in [1.807, 2.05) is 0 Å². The van der Waals surface area contributed by atoms with Crippen LogP contribution in [0.2, 0.25) is 0 Å². The van der Waals surface area contributed by atoms with Crippen molar-refractivity contribution in [3.63, 3.8) is 0 Å². The van der Waals surface area contributed by atoms with Gasteiger partial charge in [-0.2, -0.15) is 0 Å². The average Bonchev–Trinajstić information content (AvgIpc) is 2.28. The summed E-state index contributed by atoms with van der Waals surface area (Å²) in [6, 6.07) is 1.21. The maximum Gasteiger partial charge on any atom is 0.450 e. The second-order valence-corrected chi connectivity index (χ2v) is 1.95. The highest BCUT2D eigenvalue weighted by atomic mass is 16.6. The molecule has 60 valence electrons. The van der Waals surface area contributed by atoms with Crippen LogP contribution in [0.1, 0.15) is 5.76 Å². The highest BCUT2D eigenvalue weighted by Gasteiger charge is 2.10. The number of hydrogen-bond donors (Lipinski definition) is 0. The number of carbonyl (C=O) groups excluding carboxylic acids is 1. The van der Waals surface area contributed by atoms with Crippen molar-refractivity contribution in [1.29, 1.82) is 0 Å². The van der Waals surface area contributed by atoms with Crippen LogP contribution in [0.25, 0.3) is 0 Å². The van der Waals surface area contributed by atoms with Gasteiger partial charge in [0, 0.05) is 6.07 Å². The number of aromatic nitrogens is 1. The lowest BCUT2D eigenvalue weighted by atomic mass is 10.5. The molecule has 0 aliphatic heterocycles. The molecule has 5 heteroatoms. The van der Waals surface area contributed by atoms with E-state index in [0.29, 0.717) is 10.5 Å². The Morgan fingerprint density at radius 3 is 2.73 bits per heavy atom. The minimum Gasteiger partial charge on any atom is -0.450 e. The molecule has 0 amide bonds. The first-order valence-corrected chi connectivity index (χ1v) is 2.93. The first kappa shape index (κ1) is 7.59. The van der Waals surface area contributed by atoms with Gasteiger partial charge in [0.1, 0.15) is 5.76 Å². The van der Waals surface area contributed by atoms with E-state index in [2.05, 4.69) is 4.74 Å². The van der Waals surface area contributed by atoms with Crippen molar-refractivity contribution >= 4 is 6.09 Å². The first-order chi connectivity index (χ1) is 5.15. The van der Waals surface area contributed by atoms with Gasteiger partial charge in [0.15, 0.2) is 0 Å². The third-order valence-electron chi connectivity index (χ3n) is 1.10.